The van der Waals surface area contributed by atoms with Crippen LogP contribution < -0.4 is 5.43 Å². The van der Waals surface area contributed by atoms with Gasteiger partial charge in [0.2, 0.25) is 0 Å². The Balaban J connectivity index is 2.12. The van der Waals surface area contributed by atoms with Crippen molar-refractivity contribution in [3.63, 3.8) is 0 Å². The monoisotopic (exact) mass is 372 g/mol. The predicted molar refractivity (Wildman–Crippen MR) is 91.2 cm³/mol. The number of halogens is 2. The predicted octanol–water partition coefficient (Wildman–Crippen LogP) is 3.50. The van der Waals surface area contributed by atoms with Crippen molar-refractivity contribution < 1.29 is 13.9 Å². The molecule has 0 radical (unpaired) electrons. The van der Waals surface area contributed by atoms with Gasteiger partial charge in [-0.05, 0) is 19.4 Å². The number of nitrogens with one attached hydrogen (secondary N) is 1. The normalized spacial score (nSPS) is 12.2. The van der Waals surface area contributed by atoms with E-state index in [-0.39, 0.29) is 30.1 Å². The molecule has 9 heteroatoms. The third kappa shape index (κ3) is 5.12. The first kappa shape index (κ1) is 18.6. The van der Waals surface area contributed by atoms with Crippen LogP contribution in [0.25, 0.3) is 0 Å². The molecule has 0 saturated carbocycles. The van der Waals surface area contributed by atoms with Crippen molar-refractivity contribution in [1.29, 1.82) is 0 Å². The van der Waals surface area contributed by atoms with E-state index < -0.39 is 5.82 Å². The fourth-order valence-electron chi connectivity index (χ4n) is 2.05. The second kappa shape index (κ2) is 8.91. The van der Waals surface area contributed by atoms with E-state index in [0.717, 1.165) is 0 Å². The summed E-state index contributed by atoms with van der Waals surface area (Å²) >= 11 is 7.17. The molecule has 2 aromatic heterocycles. The Bertz CT molecular complexity index is 671. The molecule has 0 fully saturated rings. The number of esters is 1. The molecule has 0 saturated heterocycles. The van der Waals surface area contributed by atoms with Crippen LogP contribution in [0.5, 0.6) is 0 Å². The number of pyridine rings is 1. The van der Waals surface area contributed by atoms with Gasteiger partial charge in [0.1, 0.15) is 0 Å². The number of hydrazine groups is 1. The molecule has 1 unspecified atom stereocenters. The van der Waals surface area contributed by atoms with E-state index in [1.807, 2.05) is 17.3 Å². The van der Waals surface area contributed by atoms with E-state index in [1.54, 1.807) is 12.3 Å². The summed E-state index contributed by atoms with van der Waals surface area (Å²) < 4.78 is 18.8. The lowest BCUT2D eigenvalue weighted by Gasteiger charge is -2.29. The summed E-state index contributed by atoms with van der Waals surface area (Å²) in [5, 5.41) is 4.17. The summed E-state index contributed by atoms with van der Waals surface area (Å²) in [5.74, 6) is -0.834. The van der Waals surface area contributed by atoms with Crippen LogP contribution >= 0.6 is 22.9 Å². The number of carbonyl (C=O) groups excluding carboxylic acids is 1. The van der Waals surface area contributed by atoms with Gasteiger partial charge in [0.15, 0.2) is 16.1 Å². The third-order valence-corrected chi connectivity index (χ3v) is 4.41. The molecule has 24 heavy (non-hydrogen) atoms. The highest BCUT2D eigenvalue weighted by molar-refractivity contribution is 7.13. The van der Waals surface area contributed by atoms with Crippen LogP contribution in [0.15, 0.2) is 23.8 Å². The van der Waals surface area contributed by atoms with Crippen molar-refractivity contribution in [1.82, 2.24) is 15.0 Å². The fraction of sp³-hybridized carbons (Fsp3) is 0.400. The van der Waals surface area contributed by atoms with Crippen molar-refractivity contribution in [2.24, 2.45) is 0 Å². The van der Waals surface area contributed by atoms with Crippen LogP contribution in [0.2, 0.25) is 5.15 Å². The molecule has 2 rings (SSSR count). The Labute approximate surface area is 148 Å². The Morgan fingerprint density at radius 2 is 2.29 bits per heavy atom. The number of thiazole rings is 1. The number of ether oxygens (including phenoxy) is 1. The maximum absolute atomic E-state index is 14.1. The molecule has 0 spiro atoms. The summed E-state index contributed by atoms with van der Waals surface area (Å²) in [5.41, 5.74) is 3.56. The van der Waals surface area contributed by atoms with E-state index in [4.69, 9.17) is 11.6 Å². The molecule has 130 valence electrons. The van der Waals surface area contributed by atoms with Crippen LogP contribution in [-0.4, -0.2) is 34.1 Å². The van der Waals surface area contributed by atoms with Gasteiger partial charge >= 0.3 is 5.97 Å². The zero-order chi connectivity index (χ0) is 17.5. The second-order valence-electron chi connectivity index (χ2n) is 5.12. The lowest BCUT2D eigenvalue weighted by atomic mass is 10.1. The first-order valence-corrected chi connectivity index (χ1v) is 8.55. The number of hydrogen-bond acceptors (Lipinski definition) is 7. The van der Waals surface area contributed by atoms with E-state index in [9.17, 15) is 9.18 Å². The zero-order valence-corrected chi connectivity index (χ0v) is 14.9. The maximum Gasteiger partial charge on any atom is 0.305 e. The lowest BCUT2D eigenvalue weighted by Crippen LogP contribution is -2.38. The van der Waals surface area contributed by atoms with Crippen molar-refractivity contribution in [2.75, 3.05) is 12.5 Å². The van der Waals surface area contributed by atoms with Gasteiger partial charge in [0.25, 0.3) is 0 Å². The number of hydrogen-bond donors (Lipinski definition) is 1. The second-order valence-corrected chi connectivity index (χ2v) is 6.37. The molecule has 6 nitrogen and oxygen atoms in total. The average Bonchev–Trinajstić information content (AvgIpc) is 3.08. The summed E-state index contributed by atoms with van der Waals surface area (Å²) in [6.45, 7) is 2.18. The summed E-state index contributed by atoms with van der Waals surface area (Å²) in [6.07, 6.45) is 3.95. The Hall–Kier alpha value is -1.77. The molecule has 0 aliphatic heterocycles. The van der Waals surface area contributed by atoms with Crippen molar-refractivity contribution in [2.45, 2.75) is 32.4 Å². The van der Waals surface area contributed by atoms with Crippen LogP contribution in [0, 0.1) is 5.82 Å². The molecule has 1 N–H and O–H groups in total. The smallest absolute Gasteiger partial charge is 0.305 e. The Morgan fingerprint density at radius 1 is 1.50 bits per heavy atom. The van der Waals surface area contributed by atoms with Crippen LogP contribution in [0.1, 0.15) is 25.3 Å². The molecule has 0 aliphatic rings. The van der Waals surface area contributed by atoms with Gasteiger partial charge < -0.3 is 4.74 Å². The average molecular weight is 373 g/mol. The molecular formula is C15H18ClFN4O2S. The molecule has 0 bridgehead atoms. The number of carbonyl (C=O) groups is 1. The lowest BCUT2D eigenvalue weighted by molar-refractivity contribution is -0.141. The summed E-state index contributed by atoms with van der Waals surface area (Å²) in [4.78, 5) is 19.2. The maximum atomic E-state index is 14.1. The highest BCUT2D eigenvalue weighted by atomic mass is 35.5. The Kier molecular flexibility index (Phi) is 6.89. The number of anilines is 1. The first-order chi connectivity index (χ1) is 11.5. The van der Waals surface area contributed by atoms with Crippen LogP contribution in [0.3, 0.4) is 0 Å². The zero-order valence-electron chi connectivity index (χ0n) is 13.3. The van der Waals surface area contributed by atoms with E-state index in [0.29, 0.717) is 17.1 Å². The molecule has 0 aliphatic carbocycles. The molecule has 0 amide bonds. The number of methoxy groups -OCH3 is 1. The minimum Gasteiger partial charge on any atom is -0.469 e. The first-order valence-electron chi connectivity index (χ1n) is 7.29. The van der Waals surface area contributed by atoms with E-state index in [2.05, 4.69) is 20.1 Å². The molecule has 0 aromatic carbocycles. The van der Waals surface area contributed by atoms with Crippen LogP contribution in [0.4, 0.5) is 9.52 Å². The third-order valence-electron chi connectivity index (χ3n) is 3.46. The largest absolute Gasteiger partial charge is 0.469 e. The van der Waals surface area contributed by atoms with Gasteiger partial charge in [0.05, 0.1) is 7.11 Å². The summed E-state index contributed by atoms with van der Waals surface area (Å²) in [7, 11) is 1.35. The van der Waals surface area contributed by atoms with Crippen molar-refractivity contribution >= 4 is 34.0 Å². The highest BCUT2D eigenvalue weighted by Crippen LogP contribution is 2.21. The van der Waals surface area contributed by atoms with Gasteiger partial charge in [-0.2, -0.15) is 0 Å². The summed E-state index contributed by atoms with van der Waals surface area (Å²) in [6, 6.07) is 1.50. The van der Waals surface area contributed by atoms with Crippen molar-refractivity contribution in [3.05, 3.63) is 40.4 Å². The molecular weight excluding hydrogens is 355 g/mol. The molecule has 1 atom stereocenters. The van der Waals surface area contributed by atoms with Crippen LogP contribution in [-0.2, 0) is 16.1 Å². The van der Waals surface area contributed by atoms with E-state index >= 15 is 0 Å². The highest BCUT2D eigenvalue weighted by Gasteiger charge is 2.19. The Morgan fingerprint density at radius 3 is 2.96 bits per heavy atom. The van der Waals surface area contributed by atoms with Gasteiger partial charge in [-0.1, -0.05) is 11.6 Å². The number of nitrogens with zero attached hydrogens (tertiary/aromatic N) is 3. The van der Waals surface area contributed by atoms with Gasteiger partial charge in [-0.15, -0.1) is 11.3 Å². The minimum absolute atomic E-state index is 0.0701. The van der Waals surface area contributed by atoms with Crippen molar-refractivity contribution in [3.8, 4) is 0 Å². The quantitative estimate of drug-likeness (QED) is 0.434. The van der Waals surface area contributed by atoms with Gasteiger partial charge in [-0.25, -0.2) is 19.4 Å². The fourth-order valence-corrected chi connectivity index (χ4v) is 2.77. The molecule has 2 aromatic rings. The topological polar surface area (TPSA) is 67.3 Å². The number of aromatic nitrogens is 2. The number of rotatable bonds is 8. The van der Waals surface area contributed by atoms with Gasteiger partial charge in [0, 0.05) is 42.3 Å². The van der Waals surface area contributed by atoms with E-state index in [1.165, 1.54) is 24.6 Å². The molecule has 2 heterocycles. The minimum atomic E-state index is -0.551. The SMILES string of the molecule is COC(=O)CCC(C)N(Cc1ccnc(Cl)c1F)Nc1nccs1. The van der Waals surface area contributed by atoms with Gasteiger partial charge in [-0.3, -0.25) is 10.2 Å². The standard InChI is InChI=1S/C15H18ClFN4O2S/c1-10(3-4-12(22)23-2)21(20-15-19-7-8-24-15)9-11-5-6-18-14(16)13(11)17/h5-8,10H,3-4,9H2,1-2H3,(H,19,20).